The Morgan fingerprint density at radius 3 is 2.41 bits per heavy atom. The van der Waals surface area contributed by atoms with Gasteiger partial charge in [0, 0.05) is 57.9 Å². The third-order valence-electron chi connectivity index (χ3n) is 15.0. The molecule has 348 valence electrons. The van der Waals surface area contributed by atoms with Crippen molar-refractivity contribution in [2.45, 2.75) is 94.5 Å². The number of nitrogens with one attached hydrogen (secondary N) is 3. The lowest BCUT2D eigenvalue weighted by molar-refractivity contribution is -0.121. The molecule has 66 heavy (non-hydrogen) atoms. The number of nitriles is 1. The molecule has 10 rings (SSSR count). The first-order chi connectivity index (χ1) is 31.7. The van der Waals surface area contributed by atoms with E-state index in [-0.39, 0.29) is 89.2 Å². The molecule has 0 radical (unpaired) electrons. The van der Waals surface area contributed by atoms with Crippen molar-refractivity contribution in [3.8, 4) is 17.6 Å². The summed E-state index contributed by atoms with van der Waals surface area (Å²) in [6.07, 6.45) is 8.93. The minimum Gasteiger partial charge on any atom is -0.453 e. The smallest absolute Gasteiger partial charge is 0.325 e. The number of rotatable bonds is 10. The summed E-state index contributed by atoms with van der Waals surface area (Å²) in [6, 6.07) is 12.0. The Hall–Kier alpha value is -5.72. The number of hydrogen-bond acceptors (Lipinski definition) is 12. The Balaban J connectivity index is 0.753. The van der Waals surface area contributed by atoms with E-state index in [1.807, 2.05) is 24.2 Å². The summed E-state index contributed by atoms with van der Waals surface area (Å²) in [4.78, 5) is 47.0. The molecule has 3 N–H and O–H groups in total. The van der Waals surface area contributed by atoms with E-state index in [1.165, 1.54) is 34.5 Å². The van der Waals surface area contributed by atoms with Crippen LogP contribution in [-0.4, -0.2) is 103 Å². The summed E-state index contributed by atoms with van der Waals surface area (Å²) in [5, 5.41) is 14.5. The number of urea groups is 1. The number of halogens is 2. The maximum atomic E-state index is 15.8. The maximum Gasteiger partial charge on any atom is 0.325 e. The molecule has 2 aliphatic carbocycles. The molecule has 3 amide bonds. The van der Waals surface area contributed by atoms with E-state index < -0.39 is 34.0 Å². The van der Waals surface area contributed by atoms with Crippen LogP contribution in [-0.2, 0) is 19.7 Å². The molecule has 3 aromatic carbocycles. The zero-order valence-corrected chi connectivity index (χ0v) is 37.6. The minimum absolute atomic E-state index is 0.0315. The van der Waals surface area contributed by atoms with Crippen LogP contribution in [0.5, 0.6) is 11.5 Å². The van der Waals surface area contributed by atoms with Gasteiger partial charge in [-0.15, -0.1) is 0 Å². The van der Waals surface area contributed by atoms with E-state index in [2.05, 4.69) is 25.3 Å². The highest BCUT2D eigenvalue weighted by Crippen LogP contribution is 2.55. The number of nitrogens with zero attached hydrogens (tertiary/aromatic N) is 7. The molecule has 17 nitrogen and oxygen atoms in total. The maximum absolute atomic E-state index is 15.8. The van der Waals surface area contributed by atoms with Gasteiger partial charge in [0.15, 0.2) is 11.6 Å². The number of carbonyl (C=O) groups is 2. The number of anilines is 2. The fourth-order valence-corrected chi connectivity index (χ4v) is 12.5. The van der Waals surface area contributed by atoms with Crippen LogP contribution in [0.1, 0.15) is 99.0 Å². The summed E-state index contributed by atoms with van der Waals surface area (Å²) < 4.78 is 73.9. The third-order valence-corrected chi connectivity index (χ3v) is 16.5. The van der Waals surface area contributed by atoms with Crippen molar-refractivity contribution < 1.29 is 36.3 Å². The third kappa shape index (κ3) is 8.03. The van der Waals surface area contributed by atoms with E-state index in [9.17, 15) is 28.1 Å². The second-order valence-electron chi connectivity index (χ2n) is 18.7. The topological polar surface area (TPSA) is 194 Å². The molecule has 5 fully saturated rings. The average molecular weight is 927 g/mol. The number of fused-ring (bicyclic) bond motifs is 2. The lowest BCUT2D eigenvalue weighted by atomic mass is 9.60. The lowest BCUT2D eigenvalue weighted by Gasteiger charge is -2.54. The second-order valence-corrected chi connectivity index (χ2v) is 20.4. The lowest BCUT2D eigenvalue weighted by Crippen LogP contribution is -2.53. The summed E-state index contributed by atoms with van der Waals surface area (Å²) >= 11 is 0. The van der Waals surface area contributed by atoms with Gasteiger partial charge in [-0.1, -0.05) is 0 Å². The van der Waals surface area contributed by atoms with Crippen molar-refractivity contribution in [2.75, 3.05) is 56.6 Å². The molecule has 2 atom stereocenters. The molecule has 2 saturated carbocycles. The van der Waals surface area contributed by atoms with Crippen molar-refractivity contribution in [3.05, 3.63) is 87.5 Å². The number of likely N-dealkylation sites (tertiary alicyclic amines) is 1. The molecule has 4 aromatic rings. The largest absolute Gasteiger partial charge is 0.453 e. The summed E-state index contributed by atoms with van der Waals surface area (Å²) in [7, 11) is -0.719. The van der Waals surface area contributed by atoms with Gasteiger partial charge in [0.1, 0.15) is 29.4 Å². The molecule has 0 bridgehead atoms. The van der Waals surface area contributed by atoms with Crippen molar-refractivity contribution in [2.24, 2.45) is 5.41 Å². The minimum atomic E-state index is -4.08. The number of benzene rings is 3. The zero-order valence-electron chi connectivity index (χ0n) is 36.8. The molecule has 5 heterocycles. The van der Waals surface area contributed by atoms with Crippen LogP contribution < -0.4 is 30.8 Å². The number of methoxy groups -OCH3 is 1. The van der Waals surface area contributed by atoms with Gasteiger partial charge >= 0.3 is 16.2 Å². The first-order valence-electron chi connectivity index (χ1n) is 22.6. The monoisotopic (exact) mass is 926 g/mol. The number of imide groups is 1. The van der Waals surface area contributed by atoms with E-state index in [4.69, 9.17) is 9.47 Å². The van der Waals surface area contributed by atoms with Crippen LogP contribution >= 0.6 is 0 Å². The highest BCUT2D eigenvalue weighted by Gasteiger charge is 2.48. The quantitative estimate of drug-likeness (QED) is 0.175. The van der Waals surface area contributed by atoms with Crippen LogP contribution in [0, 0.1) is 28.4 Å². The number of amides is 3. The number of hydrazine groups is 1. The van der Waals surface area contributed by atoms with Crippen molar-refractivity contribution in [1.29, 1.82) is 5.26 Å². The van der Waals surface area contributed by atoms with Crippen LogP contribution in [0.3, 0.4) is 0 Å². The molecule has 20 heteroatoms. The Kier molecular flexibility index (Phi) is 11.5. The SMILES string of the molecule is CO[C@@H]1CCN(S(=O)(=O)Nc2ccc(F)c(Oc3ccc4ncn(C5CC6(CCN(C7CCC(c8cc9c(cc8F)C(N8CCC(=O)NC8=O)NN9C)CC7)CC6)C5)c(=O)c4c3)c2C#N)C1. The average Bonchev–Trinajstić information content (AvgIpc) is 3.92. The molecule has 6 aliphatic rings. The first kappa shape index (κ1) is 44.1. The van der Waals surface area contributed by atoms with Gasteiger partial charge < -0.3 is 24.3 Å². The summed E-state index contributed by atoms with van der Waals surface area (Å²) in [5.41, 5.74) is 5.29. The van der Waals surface area contributed by atoms with Crippen molar-refractivity contribution >= 4 is 44.4 Å². The Bertz CT molecular complexity index is 2820. The van der Waals surface area contributed by atoms with Gasteiger partial charge in [0.2, 0.25) is 5.91 Å². The van der Waals surface area contributed by atoms with E-state index in [1.54, 1.807) is 23.0 Å². The van der Waals surface area contributed by atoms with E-state index in [0.717, 1.165) is 76.2 Å². The van der Waals surface area contributed by atoms with Crippen LogP contribution in [0.25, 0.3) is 10.9 Å². The highest BCUT2D eigenvalue weighted by molar-refractivity contribution is 7.90. The fraction of sp³-hybridized carbons (Fsp3) is 0.500. The predicted molar refractivity (Wildman–Crippen MR) is 239 cm³/mol. The van der Waals surface area contributed by atoms with Gasteiger partial charge in [0.05, 0.1) is 34.7 Å². The molecule has 3 saturated heterocycles. The Morgan fingerprint density at radius 1 is 0.924 bits per heavy atom. The Labute approximate surface area is 380 Å². The fourth-order valence-electron chi connectivity index (χ4n) is 11.2. The normalized spacial score (nSPS) is 24.9. The van der Waals surface area contributed by atoms with Crippen molar-refractivity contribution in [1.82, 2.24) is 34.4 Å². The standard InChI is InChI=1S/C46H52F2N10O7S/c1-54-40-21-32(37(48)20-34(40)43(52-54)57-16-12-41(59)51-45(57)61)27-3-5-28(6-4-27)55-17-13-46(14-18-55)22-29(23-46)58-26-50-38-9-7-30(19-33(38)44(58)60)65-42-35(24-49)39(10-8-36(42)47)53-66(62,63)56-15-11-31(25-56)64-2/h7-10,19-21,26-29,31,43,52-53H,3-6,11-18,22-23,25H2,1-2H3,(H,51,59,61)/t27?,28?,31-,43?/m1/s1. The molecular formula is C46H52F2N10O7S. The van der Waals surface area contributed by atoms with Crippen LogP contribution in [0.15, 0.2) is 53.6 Å². The number of hydrogen-bond donors (Lipinski definition) is 3. The summed E-state index contributed by atoms with van der Waals surface area (Å²) in [6.45, 7) is 2.55. The van der Waals surface area contributed by atoms with Crippen LogP contribution in [0.2, 0.25) is 0 Å². The highest BCUT2D eigenvalue weighted by atomic mass is 32.2. The van der Waals surface area contributed by atoms with Crippen LogP contribution in [0.4, 0.5) is 25.0 Å². The molecular weight excluding hydrogens is 875 g/mol. The van der Waals surface area contributed by atoms with Gasteiger partial charge in [-0.3, -0.25) is 24.2 Å². The number of ether oxygens (including phenoxy) is 2. The molecule has 1 aromatic heterocycles. The molecule has 4 aliphatic heterocycles. The number of piperidine rings is 1. The molecule has 1 unspecified atom stereocenters. The summed E-state index contributed by atoms with van der Waals surface area (Å²) in [5.74, 6) is -1.75. The van der Waals surface area contributed by atoms with E-state index in [0.29, 0.717) is 29.1 Å². The predicted octanol–water partition coefficient (Wildman–Crippen LogP) is 5.75. The molecule has 1 spiro atoms. The Morgan fingerprint density at radius 2 is 1.70 bits per heavy atom. The van der Waals surface area contributed by atoms with Gasteiger partial charge in [-0.2, -0.15) is 18.0 Å². The number of aromatic nitrogens is 2. The number of carbonyl (C=O) groups excluding carboxylic acids is 2. The van der Waals surface area contributed by atoms with E-state index >= 15 is 8.78 Å². The van der Waals surface area contributed by atoms with Gasteiger partial charge in [0.25, 0.3) is 5.56 Å². The second kappa shape index (κ2) is 17.2. The van der Waals surface area contributed by atoms with Gasteiger partial charge in [-0.05, 0) is 130 Å². The zero-order chi connectivity index (χ0) is 46.1. The van der Waals surface area contributed by atoms with Gasteiger partial charge in [-0.25, -0.2) is 24.0 Å². The van der Waals surface area contributed by atoms with Crippen molar-refractivity contribution in [3.63, 3.8) is 0 Å². The first-order valence-corrected chi connectivity index (χ1v) is 24.1.